The fourth-order valence-electron chi connectivity index (χ4n) is 1.34. The Labute approximate surface area is 107 Å². The summed E-state index contributed by atoms with van der Waals surface area (Å²) in [6, 6.07) is 0. The summed E-state index contributed by atoms with van der Waals surface area (Å²) in [5.41, 5.74) is 6.18. The van der Waals surface area contributed by atoms with Gasteiger partial charge in [0.1, 0.15) is 6.61 Å². The van der Waals surface area contributed by atoms with Crippen molar-refractivity contribution in [2.75, 3.05) is 25.6 Å². The molecule has 0 saturated heterocycles. The average Bonchev–Trinajstić information content (AvgIpc) is 2.69. The van der Waals surface area contributed by atoms with Crippen molar-refractivity contribution in [2.24, 2.45) is 5.92 Å². The summed E-state index contributed by atoms with van der Waals surface area (Å²) in [5.74, 6) is -0.0376. The molecule has 0 aliphatic heterocycles. The number of esters is 1. The van der Waals surface area contributed by atoms with Gasteiger partial charge < -0.3 is 15.2 Å². The molecular weight excluding hydrogens is 234 g/mol. The van der Waals surface area contributed by atoms with Gasteiger partial charge in [-0.15, -0.1) is 0 Å². The molecule has 0 unspecified atom stereocenters. The predicted molar refractivity (Wildman–Crippen MR) is 68.3 cm³/mol. The third-order valence-corrected chi connectivity index (χ3v) is 2.22. The van der Waals surface area contributed by atoms with Crippen LogP contribution in [0.4, 0.5) is 5.69 Å². The summed E-state index contributed by atoms with van der Waals surface area (Å²) in [6.07, 6.45) is 1.62. The van der Waals surface area contributed by atoms with Crippen LogP contribution in [0.25, 0.3) is 0 Å². The predicted octanol–water partition coefficient (Wildman–Crippen LogP) is 1.31. The maximum absolute atomic E-state index is 11.7. The van der Waals surface area contributed by atoms with Crippen LogP contribution in [0.3, 0.4) is 0 Å². The minimum Gasteiger partial charge on any atom is -0.458 e. The lowest BCUT2D eigenvalue weighted by Gasteiger charge is -2.07. The first-order valence-electron chi connectivity index (χ1n) is 6.12. The summed E-state index contributed by atoms with van der Waals surface area (Å²) in [7, 11) is 0. The Balaban J connectivity index is 2.34. The molecular formula is C12H21N3O3. The van der Waals surface area contributed by atoms with E-state index in [-0.39, 0.29) is 12.3 Å². The summed E-state index contributed by atoms with van der Waals surface area (Å²) in [6.45, 7) is 7.96. The van der Waals surface area contributed by atoms with E-state index in [9.17, 15) is 4.79 Å². The number of carbonyl (C=O) groups is 1. The van der Waals surface area contributed by atoms with Crippen molar-refractivity contribution in [1.82, 2.24) is 9.78 Å². The van der Waals surface area contributed by atoms with Crippen LogP contribution in [0.2, 0.25) is 0 Å². The van der Waals surface area contributed by atoms with Gasteiger partial charge in [0.15, 0.2) is 5.69 Å². The molecule has 1 aromatic rings. The first-order valence-corrected chi connectivity index (χ1v) is 6.12. The zero-order valence-electron chi connectivity index (χ0n) is 11.2. The molecule has 0 radical (unpaired) electrons. The Morgan fingerprint density at radius 1 is 1.50 bits per heavy atom. The van der Waals surface area contributed by atoms with E-state index in [1.165, 1.54) is 0 Å². The van der Waals surface area contributed by atoms with Crippen LogP contribution in [0.15, 0.2) is 6.20 Å². The number of aromatic nitrogens is 2. The minimum absolute atomic E-state index is 0.167. The van der Waals surface area contributed by atoms with Crippen LogP contribution in [0.1, 0.15) is 31.3 Å². The van der Waals surface area contributed by atoms with Crippen LogP contribution in [-0.4, -0.2) is 35.6 Å². The zero-order chi connectivity index (χ0) is 13.5. The smallest absolute Gasteiger partial charge is 0.361 e. The molecule has 102 valence electrons. The van der Waals surface area contributed by atoms with E-state index in [2.05, 4.69) is 18.9 Å². The maximum atomic E-state index is 11.7. The lowest BCUT2D eigenvalue weighted by molar-refractivity contribution is 0.0272. The molecule has 1 aromatic heterocycles. The van der Waals surface area contributed by atoms with Crippen molar-refractivity contribution in [3.63, 3.8) is 0 Å². The normalized spacial score (nSPS) is 10.9. The highest BCUT2D eigenvalue weighted by Gasteiger charge is 2.15. The number of aryl methyl sites for hydroxylation is 1. The highest BCUT2D eigenvalue weighted by Crippen LogP contribution is 2.10. The maximum Gasteiger partial charge on any atom is 0.361 e. The lowest BCUT2D eigenvalue weighted by atomic mass is 10.2. The van der Waals surface area contributed by atoms with Crippen LogP contribution in [0, 0.1) is 5.92 Å². The largest absolute Gasteiger partial charge is 0.458 e. The van der Waals surface area contributed by atoms with Crippen LogP contribution < -0.4 is 5.73 Å². The van der Waals surface area contributed by atoms with E-state index >= 15 is 0 Å². The van der Waals surface area contributed by atoms with Crippen molar-refractivity contribution in [2.45, 2.75) is 27.3 Å². The molecule has 0 aliphatic carbocycles. The number of hydrogen-bond acceptors (Lipinski definition) is 5. The molecule has 6 nitrogen and oxygen atoms in total. The number of nitrogens with zero attached hydrogens (tertiary/aromatic N) is 2. The topological polar surface area (TPSA) is 79.4 Å². The Bertz CT molecular complexity index is 388. The Morgan fingerprint density at radius 2 is 2.22 bits per heavy atom. The second-order valence-electron chi connectivity index (χ2n) is 4.39. The van der Waals surface area contributed by atoms with Gasteiger partial charge in [0, 0.05) is 19.3 Å². The fraction of sp³-hybridized carbons (Fsp3) is 0.667. The van der Waals surface area contributed by atoms with Gasteiger partial charge in [-0.1, -0.05) is 13.8 Å². The molecule has 2 N–H and O–H groups in total. The number of ether oxygens (including phenoxy) is 2. The molecule has 6 heteroatoms. The number of carbonyl (C=O) groups excluding carboxylic acids is 1. The fourth-order valence-corrected chi connectivity index (χ4v) is 1.34. The number of nitrogens with two attached hydrogens (primary N) is 1. The Kier molecular flexibility index (Phi) is 5.64. The lowest BCUT2D eigenvalue weighted by Crippen LogP contribution is -2.14. The van der Waals surface area contributed by atoms with Gasteiger partial charge in [0.05, 0.1) is 12.3 Å². The molecule has 0 atom stereocenters. The van der Waals surface area contributed by atoms with Crippen LogP contribution >= 0.6 is 0 Å². The van der Waals surface area contributed by atoms with Gasteiger partial charge in [0.2, 0.25) is 0 Å². The van der Waals surface area contributed by atoms with Crippen molar-refractivity contribution >= 4 is 11.7 Å². The van der Waals surface area contributed by atoms with Gasteiger partial charge >= 0.3 is 5.97 Å². The monoisotopic (exact) mass is 255 g/mol. The second-order valence-corrected chi connectivity index (χ2v) is 4.39. The molecule has 18 heavy (non-hydrogen) atoms. The van der Waals surface area contributed by atoms with Crippen molar-refractivity contribution in [1.29, 1.82) is 0 Å². The molecule has 1 heterocycles. The van der Waals surface area contributed by atoms with Gasteiger partial charge in [-0.25, -0.2) is 4.79 Å². The molecule has 1 rings (SSSR count). The minimum atomic E-state index is -0.507. The standard InChI is InChI=1S/C12H21N3O3/c1-4-15-7-10(13)11(14-15)12(16)18-6-5-17-8-9(2)3/h7,9H,4-6,8,13H2,1-3H3. The molecule has 0 bridgehead atoms. The van der Waals surface area contributed by atoms with Gasteiger partial charge in [-0.3, -0.25) is 4.68 Å². The van der Waals surface area contributed by atoms with E-state index in [1.54, 1.807) is 10.9 Å². The Morgan fingerprint density at radius 3 is 2.78 bits per heavy atom. The van der Waals surface area contributed by atoms with E-state index in [0.29, 0.717) is 31.4 Å². The van der Waals surface area contributed by atoms with E-state index in [4.69, 9.17) is 15.2 Å². The molecule has 0 saturated carbocycles. The van der Waals surface area contributed by atoms with Gasteiger partial charge in [-0.05, 0) is 12.8 Å². The Hall–Kier alpha value is -1.56. The van der Waals surface area contributed by atoms with Crippen molar-refractivity contribution in [3.8, 4) is 0 Å². The highest BCUT2D eigenvalue weighted by molar-refractivity contribution is 5.92. The third kappa shape index (κ3) is 4.37. The first kappa shape index (κ1) is 14.5. The number of nitrogen functional groups attached to an aromatic ring is 1. The highest BCUT2D eigenvalue weighted by atomic mass is 16.6. The summed E-state index contributed by atoms with van der Waals surface area (Å²) in [5, 5.41) is 4.03. The summed E-state index contributed by atoms with van der Waals surface area (Å²) < 4.78 is 11.9. The molecule has 0 amide bonds. The van der Waals surface area contributed by atoms with Gasteiger partial charge in [-0.2, -0.15) is 5.10 Å². The molecule has 0 aromatic carbocycles. The van der Waals surface area contributed by atoms with Crippen LogP contribution in [0.5, 0.6) is 0 Å². The van der Waals surface area contributed by atoms with Gasteiger partial charge in [0.25, 0.3) is 0 Å². The zero-order valence-corrected chi connectivity index (χ0v) is 11.2. The molecule has 0 fully saturated rings. The van der Waals surface area contributed by atoms with E-state index in [0.717, 1.165) is 0 Å². The van der Waals surface area contributed by atoms with Crippen molar-refractivity contribution in [3.05, 3.63) is 11.9 Å². The summed E-state index contributed by atoms with van der Waals surface area (Å²) >= 11 is 0. The molecule has 0 spiro atoms. The van der Waals surface area contributed by atoms with E-state index < -0.39 is 5.97 Å². The number of hydrogen-bond donors (Lipinski definition) is 1. The molecule has 0 aliphatic rings. The van der Waals surface area contributed by atoms with Crippen molar-refractivity contribution < 1.29 is 14.3 Å². The third-order valence-electron chi connectivity index (χ3n) is 2.22. The summed E-state index contributed by atoms with van der Waals surface area (Å²) in [4.78, 5) is 11.7. The number of rotatable bonds is 7. The number of anilines is 1. The first-order chi connectivity index (χ1) is 8.54. The second kappa shape index (κ2) is 7.00. The van der Waals surface area contributed by atoms with Crippen LogP contribution in [-0.2, 0) is 16.0 Å². The average molecular weight is 255 g/mol. The quantitative estimate of drug-likeness (QED) is 0.587. The van der Waals surface area contributed by atoms with E-state index in [1.807, 2.05) is 6.92 Å². The SMILES string of the molecule is CCn1cc(N)c(C(=O)OCCOCC(C)C)n1.